The molecule has 3 aromatic rings. The molecule has 0 aliphatic rings. The Morgan fingerprint density at radius 3 is 2.52 bits per heavy atom. The van der Waals surface area contributed by atoms with Gasteiger partial charge in [0.15, 0.2) is 11.6 Å². The van der Waals surface area contributed by atoms with Gasteiger partial charge in [-0.05, 0) is 42.7 Å². The first-order valence-electron chi connectivity index (χ1n) is 9.79. The Morgan fingerprint density at radius 1 is 1.10 bits per heavy atom. The molecular formula is C22H22F2N4O3. The van der Waals surface area contributed by atoms with Crippen LogP contribution in [0.15, 0.2) is 48.5 Å². The summed E-state index contributed by atoms with van der Waals surface area (Å²) in [5, 5.41) is 18.3. The molecule has 0 fully saturated rings. The van der Waals surface area contributed by atoms with E-state index >= 15 is 0 Å². The van der Waals surface area contributed by atoms with Crippen LogP contribution in [0.1, 0.15) is 31.0 Å². The van der Waals surface area contributed by atoms with E-state index in [0.717, 1.165) is 24.6 Å². The number of aliphatic carboxylic acids is 1. The number of carboxylic acids is 1. The molecule has 31 heavy (non-hydrogen) atoms. The maximum atomic E-state index is 13.8. The van der Waals surface area contributed by atoms with Crippen LogP contribution < -0.4 is 10.6 Å². The molecule has 3 rings (SSSR count). The van der Waals surface area contributed by atoms with Crippen molar-refractivity contribution in [2.24, 2.45) is 0 Å². The van der Waals surface area contributed by atoms with Crippen LogP contribution in [-0.4, -0.2) is 26.9 Å². The third-order valence-electron chi connectivity index (χ3n) is 4.52. The molecule has 2 amide bonds. The number of carboxylic acid groups (broad SMARTS) is 1. The number of nitrogens with zero attached hydrogens (tertiary/aromatic N) is 2. The summed E-state index contributed by atoms with van der Waals surface area (Å²) in [5.41, 5.74) is 1.71. The third-order valence-corrected chi connectivity index (χ3v) is 4.52. The minimum atomic E-state index is -1.15. The summed E-state index contributed by atoms with van der Waals surface area (Å²) in [6, 6.07) is 11.2. The van der Waals surface area contributed by atoms with Crippen molar-refractivity contribution in [3.63, 3.8) is 0 Å². The van der Waals surface area contributed by atoms with Crippen molar-refractivity contribution in [2.45, 2.75) is 32.6 Å². The summed E-state index contributed by atoms with van der Waals surface area (Å²) in [6.45, 7) is 2.05. The van der Waals surface area contributed by atoms with Crippen molar-refractivity contribution in [3.05, 3.63) is 71.4 Å². The number of halogens is 2. The first-order valence-corrected chi connectivity index (χ1v) is 9.79. The Kier molecular flexibility index (Phi) is 6.96. The highest BCUT2D eigenvalue weighted by atomic mass is 19.2. The predicted octanol–water partition coefficient (Wildman–Crippen LogP) is 4.76. The SMILES string of the molecule is CCCCc1cc(NC(=O)Nc2cccc(F)c2F)n(-c2ccc(CC(=O)O)cc2)n1. The highest BCUT2D eigenvalue weighted by molar-refractivity contribution is 5.99. The van der Waals surface area contributed by atoms with Crippen LogP contribution in [0, 0.1) is 11.6 Å². The quantitative estimate of drug-likeness (QED) is 0.482. The van der Waals surface area contributed by atoms with Crippen LogP contribution in [0.25, 0.3) is 5.69 Å². The molecule has 2 aromatic carbocycles. The largest absolute Gasteiger partial charge is 0.481 e. The average Bonchev–Trinajstić information content (AvgIpc) is 3.12. The van der Waals surface area contributed by atoms with Gasteiger partial charge in [-0.25, -0.2) is 18.3 Å². The molecule has 162 valence electrons. The van der Waals surface area contributed by atoms with Crippen LogP contribution in [0.5, 0.6) is 0 Å². The van der Waals surface area contributed by atoms with Crippen LogP contribution >= 0.6 is 0 Å². The van der Waals surface area contributed by atoms with Crippen molar-refractivity contribution in [2.75, 3.05) is 10.6 Å². The molecule has 0 aliphatic carbocycles. The van der Waals surface area contributed by atoms with E-state index in [1.165, 1.54) is 16.8 Å². The number of anilines is 2. The smallest absolute Gasteiger partial charge is 0.324 e. The Morgan fingerprint density at radius 2 is 1.84 bits per heavy atom. The zero-order chi connectivity index (χ0) is 22.4. The summed E-state index contributed by atoms with van der Waals surface area (Å²) >= 11 is 0. The molecule has 9 heteroatoms. The maximum Gasteiger partial charge on any atom is 0.324 e. The van der Waals surface area contributed by atoms with E-state index < -0.39 is 23.6 Å². The number of hydrogen-bond acceptors (Lipinski definition) is 3. The molecule has 1 heterocycles. The third kappa shape index (κ3) is 5.65. The molecule has 0 spiro atoms. The number of aryl methyl sites for hydroxylation is 1. The normalized spacial score (nSPS) is 10.7. The number of carbonyl (C=O) groups is 2. The fraction of sp³-hybridized carbons (Fsp3) is 0.227. The number of carbonyl (C=O) groups excluding carboxylic acids is 1. The summed E-state index contributed by atoms with van der Waals surface area (Å²) in [7, 11) is 0. The lowest BCUT2D eigenvalue weighted by Crippen LogP contribution is -2.22. The molecule has 0 saturated carbocycles. The highest BCUT2D eigenvalue weighted by Gasteiger charge is 2.15. The minimum absolute atomic E-state index is 0.103. The van der Waals surface area contributed by atoms with Gasteiger partial charge in [0.05, 0.1) is 23.5 Å². The molecule has 0 unspecified atom stereocenters. The minimum Gasteiger partial charge on any atom is -0.481 e. The molecular weight excluding hydrogens is 406 g/mol. The number of unbranched alkanes of at least 4 members (excludes halogenated alkanes) is 1. The Bertz CT molecular complexity index is 1080. The Hall–Kier alpha value is -3.75. The lowest BCUT2D eigenvalue weighted by molar-refractivity contribution is -0.136. The summed E-state index contributed by atoms with van der Waals surface area (Å²) in [6.07, 6.45) is 2.48. The lowest BCUT2D eigenvalue weighted by atomic mass is 10.1. The molecule has 0 atom stereocenters. The van der Waals surface area contributed by atoms with Gasteiger partial charge in [0.25, 0.3) is 0 Å². The standard InChI is InChI=1S/C22H22F2N4O3/c1-2-3-5-15-13-19(26-22(31)25-18-7-4-6-17(23)21(18)24)28(27-15)16-10-8-14(9-11-16)12-20(29)30/h4,6-11,13H,2-3,5,12H2,1H3,(H,29,30)(H2,25,26,31). The van der Waals surface area contributed by atoms with E-state index in [0.29, 0.717) is 23.5 Å². The Balaban J connectivity index is 1.84. The molecule has 0 bridgehead atoms. The number of aromatic nitrogens is 2. The van der Waals surface area contributed by atoms with Gasteiger partial charge in [0, 0.05) is 6.07 Å². The van der Waals surface area contributed by atoms with Crippen LogP contribution in [0.2, 0.25) is 0 Å². The number of benzene rings is 2. The molecule has 0 radical (unpaired) electrons. The number of amides is 2. The van der Waals surface area contributed by atoms with Crippen LogP contribution in [0.4, 0.5) is 25.1 Å². The number of urea groups is 1. The number of nitrogens with one attached hydrogen (secondary N) is 2. The van der Waals surface area contributed by atoms with Gasteiger partial charge in [-0.1, -0.05) is 31.5 Å². The fourth-order valence-corrected chi connectivity index (χ4v) is 3.00. The van der Waals surface area contributed by atoms with Crippen molar-refractivity contribution in [3.8, 4) is 5.69 Å². The second-order valence-electron chi connectivity index (χ2n) is 6.95. The second kappa shape index (κ2) is 9.84. The van der Waals surface area contributed by atoms with Crippen molar-refractivity contribution >= 4 is 23.5 Å². The van der Waals surface area contributed by atoms with E-state index in [9.17, 15) is 18.4 Å². The van der Waals surface area contributed by atoms with Gasteiger partial charge < -0.3 is 10.4 Å². The lowest BCUT2D eigenvalue weighted by Gasteiger charge is -2.11. The number of rotatable bonds is 8. The van der Waals surface area contributed by atoms with Gasteiger partial charge in [-0.3, -0.25) is 10.1 Å². The molecule has 3 N–H and O–H groups in total. The summed E-state index contributed by atoms with van der Waals surface area (Å²) in [4.78, 5) is 23.3. The first kappa shape index (κ1) is 21.9. The van der Waals surface area contributed by atoms with Gasteiger partial charge >= 0.3 is 12.0 Å². The van der Waals surface area contributed by atoms with Crippen molar-refractivity contribution in [1.82, 2.24) is 9.78 Å². The average molecular weight is 428 g/mol. The number of hydrogen-bond donors (Lipinski definition) is 3. The highest BCUT2D eigenvalue weighted by Crippen LogP contribution is 2.21. The Labute approximate surface area is 177 Å². The predicted molar refractivity (Wildman–Crippen MR) is 113 cm³/mol. The second-order valence-corrected chi connectivity index (χ2v) is 6.95. The summed E-state index contributed by atoms with van der Waals surface area (Å²) in [5.74, 6) is -2.81. The van der Waals surface area contributed by atoms with Crippen LogP contribution in [0.3, 0.4) is 0 Å². The van der Waals surface area contributed by atoms with E-state index in [-0.39, 0.29) is 12.1 Å². The van der Waals surface area contributed by atoms with Gasteiger partial charge in [-0.2, -0.15) is 5.10 Å². The van der Waals surface area contributed by atoms with E-state index in [1.807, 2.05) is 0 Å². The van der Waals surface area contributed by atoms with E-state index in [1.54, 1.807) is 30.3 Å². The zero-order valence-electron chi connectivity index (χ0n) is 16.9. The zero-order valence-corrected chi connectivity index (χ0v) is 16.9. The molecule has 7 nitrogen and oxygen atoms in total. The van der Waals surface area contributed by atoms with Gasteiger partial charge in [-0.15, -0.1) is 0 Å². The van der Waals surface area contributed by atoms with E-state index in [2.05, 4.69) is 22.7 Å². The maximum absolute atomic E-state index is 13.8. The van der Waals surface area contributed by atoms with Gasteiger partial charge in [0.2, 0.25) is 0 Å². The van der Waals surface area contributed by atoms with E-state index in [4.69, 9.17) is 5.11 Å². The molecule has 0 saturated heterocycles. The molecule has 1 aromatic heterocycles. The van der Waals surface area contributed by atoms with Crippen LogP contribution in [-0.2, 0) is 17.6 Å². The topological polar surface area (TPSA) is 96.2 Å². The van der Waals surface area contributed by atoms with Gasteiger partial charge in [0.1, 0.15) is 5.82 Å². The van der Waals surface area contributed by atoms with Crippen molar-refractivity contribution < 1.29 is 23.5 Å². The fourth-order valence-electron chi connectivity index (χ4n) is 3.00. The monoisotopic (exact) mass is 428 g/mol. The summed E-state index contributed by atoms with van der Waals surface area (Å²) < 4.78 is 28.7. The van der Waals surface area contributed by atoms with Crippen molar-refractivity contribution in [1.29, 1.82) is 0 Å². The molecule has 0 aliphatic heterocycles. The first-order chi connectivity index (χ1) is 14.9.